The number of hydrogen-bond donors (Lipinski definition) is 2. The van der Waals surface area contributed by atoms with Gasteiger partial charge in [0.15, 0.2) is 0 Å². The molecule has 29 heavy (non-hydrogen) atoms. The van der Waals surface area contributed by atoms with Gasteiger partial charge in [0.25, 0.3) is 15.9 Å². The zero-order valence-corrected chi connectivity index (χ0v) is 16.9. The van der Waals surface area contributed by atoms with Crippen molar-refractivity contribution in [2.24, 2.45) is 0 Å². The van der Waals surface area contributed by atoms with E-state index in [2.05, 4.69) is 19.9 Å². The Morgan fingerprint density at radius 1 is 1.17 bits per heavy atom. The van der Waals surface area contributed by atoms with Gasteiger partial charge in [-0.3, -0.25) is 9.52 Å². The molecule has 4 rings (SSSR count). The molecule has 3 aromatic rings. The maximum Gasteiger partial charge on any atom is 0.311 e. The van der Waals surface area contributed by atoms with Crippen molar-refractivity contribution in [2.75, 3.05) is 17.8 Å². The number of aromatic amines is 1. The Morgan fingerprint density at radius 2 is 1.86 bits per heavy atom. The van der Waals surface area contributed by atoms with E-state index in [0.717, 1.165) is 24.0 Å². The van der Waals surface area contributed by atoms with Gasteiger partial charge in [0.05, 0.1) is 5.69 Å². The predicted octanol–water partition coefficient (Wildman–Crippen LogP) is 2.72. The van der Waals surface area contributed by atoms with Crippen LogP contribution in [-0.2, 0) is 10.0 Å². The molecule has 1 aliphatic rings. The largest absolute Gasteiger partial charge is 0.411 e. The van der Waals surface area contributed by atoms with Gasteiger partial charge in [-0.05, 0) is 43.9 Å². The van der Waals surface area contributed by atoms with Gasteiger partial charge < -0.3 is 14.3 Å². The van der Waals surface area contributed by atoms with Crippen molar-refractivity contribution in [3.8, 4) is 11.6 Å². The summed E-state index contributed by atoms with van der Waals surface area (Å²) in [6.07, 6.45) is 3.26. The fourth-order valence-electron chi connectivity index (χ4n) is 3.30. The van der Waals surface area contributed by atoms with Crippen molar-refractivity contribution in [1.29, 1.82) is 0 Å². The lowest BCUT2D eigenvalue weighted by Crippen LogP contribution is -2.27. The number of H-pyrrole nitrogens is 1. The third-order valence-corrected chi connectivity index (χ3v) is 6.25. The second-order valence-electron chi connectivity index (χ2n) is 7.03. The van der Waals surface area contributed by atoms with Crippen LogP contribution in [0.3, 0.4) is 0 Å². The van der Waals surface area contributed by atoms with E-state index >= 15 is 0 Å². The SMILES string of the molecule is Cc1cccc(C)c1NS(=O)(=O)c1c[nH]c(-c2nnc(C(=O)N3CCCC3)o2)c1. The van der Waals surface area contributed by atoms with Crippen molar-refractivity contribution in [3.63, 3.8) is 0 Å². The van der Waals surface area contributed by atoms with Gasteiger partial charge in [0, 0.05) is 19.3 Å². The molecule has 0 unspecified atom stereocenters. The normalized spacial score (nSPS) is 14.3. The number of benzene rings is 1. The summed E-state index contributed by atoms with van der Waals surface area (Å²) in [5.74, 6) is -0.354. The molecule has 1 aliphatic heterocycles. The summed E-state index contributed by atoms with van der Waals surface area (Å²) >= 11 is 0. The Morgan fingerprint density at radius 3 is 2.55 bits per heavy atom. The van der Waals surface area contributed by atoms with Crippen molar-refractivity contribution in [2.45, 2.75) is 31.6 Å². The minimum Gasteiger partial charge on any atom is -0.411 e. The molecule has 10 heteroatoms. The topological polar surface area (TPSA) is 121 Å². The number of aromatic nitrogens is 3. The lowest BCUT2D eigenvalue weighted by molar-refractivity contribution is 0.0754. The number of carbonyl (C=O) groups excluding carboxylic acids is 1. The Balaban J connectivity index is 1.56. The molecule has 1 saturated heterocycles. The van der Waals surface area contributed by atoms with E-state index in [4.69, 9.17) is 4.42 Å². The molecule has 0 saturated carbocycles. The number of carbonyl (C=O) groups is 1. The monoisotopic (exact) mass is 415 g/mol. The van der Waals surface area contributed by atoms with Crippen LogP contribution in [-0.4, -0.2) is 47.5 Å². The van der Waals surface area contributed by atoms with E-state index < -0.39 is 10.0 Å². The van der Waals surface area contributed by atoms with E-state index in [9.17, 15) is 13.2 Å². The predicted molar refractivity (Wildman–Crippen MR) is 106 cm³/mol. The fraction of sp³-hybridized carbons (Fsp3) is 0.316. The molecule has 0 atom stereocenters. The minimum absolute atomic E-state index is 0.0285. The van der Waals surface area contributed by atoms with Crippen LogP contribution >= 0.6 is 0 Å². The molecule has 0 aliphatic carbocycles. The lowest BCUT2D eigenvalue weighted by atomic mass is 10.1. The first-order chi connectivity index (χ1) is 13.8. The Bertz CT molecular complexity index is 1140. The molecular formula is C19H21N5O4S. The van der Waals surface area contributed by atoms with E-state index in [1.54, 1.807) is 4.90 Å². The highest BCUT2D eigenvalue weighted by Crippen LogP contribution is 2.26. The van der Waals surface area contributed by atoms with Gasteiger partial charge in [0.1, 0.15) is 10.6 Å². The summed E-state index contributed by atoms with van der Waals surface area (Å²) in [6, 6.07) is 6.94. The number of likely N-dealkylation sites (tertiary alicyclic amines) is 1. The fourth-order valence-corrected chi connectivity index (χ4v) is 4.49. The van der Waals surface area contributed by atoms with Gasteiger partial charge in [-0.2, -0.15) is 0 Å². The quantitative estimate of drug-likeness (QED) is 0.661. The van der Waals surface area contributed by atoms with Crippen LogP contribution in [0.1, 0.15) is 34.7 Å². The summed E-state index contributed by atoms with van der Waals surface area (Å²) in [4.78, 5) is 16.9. The number of hydrogen-bond acceptors (Lipinski definition) is 6. The third kappa shape index (κ3) is 3.75. The van der Waals surface area contributed by atoms with Crippen LogP contribution in [0.5, 0.6) is 0 Å². The number of para-hydroxylation sites is 1. The molecule has 1 aromatic carbocycles. The molecule has 0 bridgehead atoms. The molecule has 2 aromatic heterocycles. The zero-order chi connectivity index (χ0) is 20.6. The second-order valence-corrected chi connectivity index (χ2v) is 8.72. The van der Waals surface area contributed by atoms with Crippen molar-refractivity contribution in [3.05, 3.63) is 47.5 Å². The molecule has 152 valence electrons. The summed E-state index contributed by atoms with van der Waals surface area (Å²) in [5.41, 5.74) is 2.52. The van der Waals surface area contributed by atoms with Gasteiger partial charge in [-0.15, -0.1) is 10.2 Å². The molecular weight excluding hydrogens is 394 g/mol. The van der Waals surface area contributed by atoms with Crippen LogP contribution in [0.25, 0.3) is 11.6 Å². The number of rotatable bonds is 5. The standard InChI is InChI=1S/C19H21N5O4S/c1-12-6-5-7-13(2)16(12)23-29(26,27)14-10-15(20-11-14)17-21-22-18(28-17)19(25)24-8-3-4-9-24/h5-7,10-11,20,23H,3-4,8-9H2,1-2H3. The summed E-state index contributed by atoms with van der Waals surface area (Å²) < 4.78 is 33.6. The smallest absolute Gasteiger partial charge is 0.311 e. The first-order valence-corrected chi connectivity index (χ1v) is 10.7. The molecule has 1 amide bonds. The molecule has 9 nitrogen and oxygen atoms in total. The number of amides is 1. The van der Waals surface area contributed by atoms with Gasteiger partial charge in [-0.25, -0.2) is 8.42 Å². The Kier molecular flexibility index (Phi) is 4.87. The van der Waals surface area contributed by atoms with E-state index in [1.807, 2.05) is 32.0 Å². The zero-order valence-electron chi connectivity index (χ0n) is 16.1. The Hall–Kier alpha value is -3.14. The van der Waals surface area contributed by atoms with Gasteiger partial charge >= 0.3 is 11.8 Å². The van der Waals surface area contributed by atoms with Crippen LogP contribution in [0, 0.1) is 13.8 Å². The molecule has 0 spiro atoms. The first-order valence-electron chi connectivity index (χ1n) is 9.26. The number of nitrogens with one attached hydrogen (secondary N) is 2. The van der Waals surface area contributed by atoms with E-state index in [-0.39, 0.29) is 22.6 Å². The summed E-state index contributed by atoms with van der Waals surface area (Å²) in [5, 5.41) is 7.68. The molecule has 3 heterocycles. The molecule has 2 N–H and O–H groups in total. The van der Waals surface area contributed by atoms with Crippen molar-refractivity contribution < 1.29 is 17.6 Å². The second kappa shape index (κ2) is 7.36. The highest BCUT2D eigenvalue weighted by Gasteiger charge is 2.26. The van der Waals surface area contributed by atoms with Crippen LogP contribution < -0.4 is 4.72 Å². The highest BCUT2D eigenvalue weighted by atomic mass is 32.2. The van der Waals surface area contributed by atoms with Crippen LogP contribution in [0.2, 0.25) is 0 Å². The van der Waals surface area contributed by atoms with Crippen molar-refractivity contribution in [1.82, 2.24) is 20.1 Å². The number of sulfonamides is 1. The maximum atomic E-state index is 12.8. The van der Waals surface area contributed by atoms with Crippen LogP contribution in [0.15, 0.2) is 39.8 Å². The van der Waals surface area contributed by atoms with E-state index in [1.165, 1.54) is 12.3 Å². The van der Waals surface area contributed by atoms with Gasteiger partial charge in [0.2, 0.25) is 0 Å². The van der Waals surface area contributed by atoms with Crippen LogP contribution in [0.4, 0.5) is 5.69 Å². The summed E-state index contributed by atoms with van der Waals surface area (Å²) in [7, 11) is -3.81. The van der Waals surface area contributed by atoms with Gasteiger partial charge in [-0.1, -0.05) is 18.2 Å². The Labute approximate surface area is 168 Å². The highest BCUT2D eigenvalue weighted by molar-refractivity contribution is 7.92. The van der Waals surface area contributed by atoms with Crippen molar-refractivity contribution >= 4 is 21.6 Å². The minimum atomic E-state index is -3.81. The first kappa shape index (κ1) is 19.2. The maximum absolute atomic E-state index is 12.8. The lowest BCUT2D eigenvalue weighted by Gasteiger charge is -2.12. The third-order valence-electron chi connectivity index (χ3n) is 4.92. The summed E-state index contributed by atoms with van der Waals surface area (Å²) in [6.45, 7) is 5.02. The van der Waals surface area contributed by atoms with E-state index in [0.29, 0.717) is 24.5 Å². The number of aryl methyl sites for hydroxylation is 2. The average Bonchev–Trinajstić information content (AvgIpc) is 3.45. The number of nitrogens with zero attached hydrogens (tertiary/aromatic N) is 3. The molecule has 1 fully saturated rings. The molecule has 0 radical (unpaired) electrons. The average molecular weight is 415 g/mol. The number of anilines is 1.